The van der Waals surface area contributed by atoms with Crippen LogP contribution < -0.4 is 10.6 Å². The van der Waals surface area contributed by atoms with Gasteiger partial charge in [0, 0.05) is 5.69 Å². The van der Waals surface area contributed by atoms with E-state index in [4.69, 9.17) is 11.6 Å². The number of H-pyrrole nitrogens is 1. The summed E-state index contributed by atoms with van der Waals surface area (Å²) in [6.45, 7) is -0.105. The largest absolute Gasteiger partial charge is 0.346 e. The molecule has 3 N–H and O–H groups in total. The molecular formula is C11H11ClN4O2. The van der Waals surface area contributed by atoms with Crippen LogP contribution in [0.3, 0.4) is 0 Å². The second-order valence-electron chi connectivity index (χ2n) is 3.59. The number of nitrogens with zero attached hydrogens (tertiary/aromatic N) is 1. The third-order valence-electron chi connectivity index (χ3n) is 2.27. The van der Waals surface area contributed by atoms with E-state index < -0.39 is 0 Å². The maximum Gasteiger partial charge on any atom is 0.243 e. The van der Waals surface area contributed by atoms with Crippen molar-refractivity contribution >= 4 is 40.1 Å². The summed E-state index contributed by atoms with van der Waals surface area (Å²) in [7, 11) is 0. The summed E-state index contributed by atoms with van der Waals surface area (Å²) in [4.78, 5) is 29.4. The van der Waals surface area contributed by atoms with Gasteiger partial charge in [-0.05, 0) is 18.2 Å². The van der Waals surface area contributed by atoms with Gasteiger partial charge in [-0.1, -0.05) is 0 Å². The van der Waals surface area contributed by atoms with E-state index in [-0.39, 0.29) is 24.2 Å². The van der Waals surface area contributed by atoms with Crippen LogP contribution in [0.25, 0.3) is 11.0 Å². The molecule has 94 valence electrons. The summed E-state index contributed by atoms with van der Waals surface area (Å²) < 4.78 is 0. The van der Waals surface area contributed by atoms with Crippen LogP contribution in [-0.2, 0) is 9.59 Å². The van der Waals surface area contributed by atoms with Gasteiger partial charge in [-0.2, -0.15) is 0 Å². The smallest absolute Gasteiger partial charge is 0.243 e. The number of nitrogens with one attached hydrogen (secondary N) is 3. The summed E-state index contributed by atoms with van der Waals surface area (Å²) in [5.41, 5.74) is 2.29. The van der Waals surface area contributed by atoms with Crippen molar-refractivity contribution in [2.75, 3.05) is 17.7 Å². The molecule has 2 aromatic rings. The molecule has 0 saturated heterocycles. The zero-order valence-corrected chi connectivity index (χ0v) is 10.1. The van der Waals surface area contributed by atoms with Crippen LogP contribution >= 0.6 is 11.6 Å². The highest BCUT2D eigenvalue weighted by atomic mass is 35.5. The zero-order chi connectivity index (χ0) is 13.0. The van der Waals surface area contributed by atoms with Crippen LogP contribution in [0.1, 0.15) is 0 Å². The normalized spacial score (nSPS) is 10.3. The van der Waals surface area contributed by atoms with Gasteiger partial charge < -0.3 is 15.6 Å². The molecule has 2 rings (SSSR count). The number of anilines is 1. The first-order valence-corrected chi connectivity index (χ1v) is 5.78. The van der Waals surface area contributed by atoms with Crippen molar-refractivity contribution in [3.05, 3.63) is 24.5 Å². The van der Waals surface area contributed by atoms with Crippen molar-refractivity contribution in [1.29, 1.82) is 0 Å². The fourth-order valence-corrected chi connectivity index (χ4v) is 1.54. The Morgan fingerprint density at radius 3 is 2.94 bits per heavy atom. The number of carbonyl (C=O) groups is 2. The molecule has 0 radical (unpaired) electrons. The fourth-order valence-electron chi connectivity index (χ4n) is 1.44. The SMILES string of the molecule is O=C(CCl)NCC(=O)Nc1ccc2nc[nH]c2c1. The van der Waals surface area contributed by atoms with Crippen molar-refractivity contribution in [1.82, 2.24) is 15.3 Å². The van der Waals surface area contributed by atoms with Crippen molar-refractivity contribution in [3.63, 3.8) is 0 Å². The van der Waals surface area contributed by atoms with Crippen LogP contribution in [0.15, 0.2) is 24.5 Å². The van der Waals surface area contributed by atoms with Crippen molar-refractivity contribution in [2.45, 2.75) is 0 Å². The van der Waals surface area contributed by atoms with E-state index in [1.54, 1.807) is 24.5 Å². The van der Waals surface area contributed by atoms with Crippen molar-refractivity contribution in [2.24, 2.45) is 0 Å². The van der Waals surface area contributed by atoms with Gasteiger partial charge in [0.15, 0.2) is 0 Å². The van der Waals surface area contributed by atoms with Gasteiger partial charge in [0.05, 0.1) is 23.9 Å². The topological polar surface area (TPSA) is 86.9 Å². The monoisotopic (exact) mass is 266 g/mol. The molecule has 0 saturated carbocycles. The Morgan fingerprint density at radius 2 is 2.17 bits per heavy atom. The maximum atomic E-state index is 11.5. The number of hydrogen-bond donors (Lipinski definition) is 3. The maximum absolute atomic E-state index is 11.5. The number of carbonyl (C=O) groups excluding carboxylic acids is 2. The second-order valence-corrected chi connectivity index (χ2v) is 3.86. The molecule has 0 aliphatic heterocycles. The molecule has 1 heterocycles. The Morgan fingerprint density at radius 1 is 1.33 bits per heavy atom. The minimum absolute atomic E-state index is 0.105. The predicted molar refractivity (Wildman–Crippen MR) is 68.5 cm³/mol. The Balaban J connectivity index is 1.96. The highest BCUT2D eigenvalue weighted by Crippen LogP contribution is 2.15. The molecule has 6 nitrogen and oxygen atoms in total. The first-order valence-electron chi connectivity index (χ1n) is 5.24. The van der Waals surface area contributed by atoms with E-state index in [0.29, 0.717) is 5.69 Å². The molecule has 0 aliphatic carbocycles. The molecule has 7 heteroatoms. The van der Waals surface area contributed by atoms with Gasteiger partial charge >= 0.3 is 0 Å². The number of benzene rings is 1. The minimum atomic E-state index is -0.379. The van der Waals surface area contributed by atoms with Crippen LogP contribution in [-0.4, -0.2) is 34.2 Å². The highest BCUT2D eigenvalue weighted by Gasteiger charge is 2.05. The number of rotatable bonds is 4. The molecule has 0 fully saturated rings. The lowest BCUT2D eigenvalue weighted by atomic mass is 10.2. The van der Waals surface area contributed by atoms with Gasteiger partial charge in [0.25, 0.3) is 0 Å². The standard InChI is InChI=1S/C11H11ClN4O2/c12-4-10(17)13-5-11(18)16-7-1-2-8-9(3-7)15-6-14-8/h1-3,6H,4-5H2,(H,13,17)(H,14,15)(H,16,18). The quantitative estimate of drug-likeness (QED) is 0.717. The van der Waals surface area contributed by atoms with E-state index in [2.05, 4.69) is 20.6 Å². The number of fused-ring (bicyclic) bond motifs is 1. The molecule has 18 heavy (non-hydrogen) atoms. The van der Waals surface area contributed by atoms with E-state index >= 15 is 0 Å². The average molecular weight is 267 g/mol. The third-order valence-corrected chi connectivity index (χ3v) is 2.51. The third kappa shape index (κ3) is 2.98. The number of hydrogen-bond acceptors (Lipinski definition) is 3. The summed E-state index contributed by atoms with van der Waals surface area (Å²) in [5, 5.41) is 5.04. The lowest BCUT2D eigenvalue weighted by Gasteiger charge is -2.05. The Hall–Kier alpha value is -2.08. The summed E-state index contributed by atoms with van der Waals surface area (Å²) >= 11 is 5.29. The van der Waals surface area contributed by atoms with Gasteiger partial charge in [-0.3, -0.25) is 9.59 Å². The molecule has 2 amide bonds. The molecule has 1 aromatic carbocycles. The molecule has 0 unspecified atom stereocenters. The van der Waals surface area contributed by atoms with E-state index in [0.717, 1.165) is 11.0 Å². The van der Waals surface area contributed by atoms with E-state index in [1.165, 1.54) is 0 Å². The molecule has 1 aromatic heterocycles. The summed E-state index contributed by atoms with van der Waals surface area (Å²) in [6, 6.07) is 5.30. The number of aromatic amines is 1. The fraction of sp³-hybridized carbons (Fsp3) is 0.182. The van der Waals surface area contributed by atoms with Gasteiger partial charge in [-0.25, -0.2) is 4.98 Å². The van der Waals surface area contributed by atoms with Crippen molar-refractivity contribution in [3.8, 4) is 0 Å². The van der Waals surface area contributed by atoms with Gasteiger partial charge in [0.1, 0.15) is 5.88 Å². The lowest BCUT2D eigenvalue weighted by molar-refractivity contribution is -0.122. The first kappa shape index (κ1) is 12.4. The zero-order valence-electron chi connectivity index (χ0n) is 9.37. The van der Waals surface area contributed by atoms with E-state index in [1.807, 2.05) is 0 Å². The average Bonchev–Trinajstić information content (AvgIpc) is 2.83. The van der Waals surface area contributed by atoms with Crippen LogP contribution in [0.5, 0.6) is 0 Å². The highest BCUT2D eigenvalue weighted by molar-refractivity contribution is 6.27. The van der Waals surface area contributed by atoms with Crippen LogP contribution in [0.4, 0.5) is 5.69 Å². The Kier molecular flexibility index (Phi) is 3.78. The molecule has 0 aliphatic rings. The minimum Gasteiger partial charge on any atom is -0.346 e. The van der Waals surface area contributed by atoms with Crippen molar-refractivity contribution < 1.29 is 9.59 Å². The van der Waals surface area contributed by atoms with Gasteiger partial charge in [0.2, 0.25) is 11.8 Å². The van der Waals surface area contributed by atoms with Crippen LogP contribution in [0.2, 0.25) is 0 Å². The number of aromatic nitrogens is 2. The molecule has 0 atom stereocenters. The van der Waals surface area contributed by atoms with E-state index in [9.17, 15) is 9.59 Å². The first-order chi connectivity index (χ1) is 8.69. The number of imidazole rings is 1. The molecule has 0 spiro atoms. The molecular weight excluding hydrogens is 256 g/mol. The second kappa shape index (κ2) is 5.50. The Bertz CT molecular complexity index is 581. The number of amides is 2. The summed E-state index contributed by atoms with van der Waals surface area (Å²) in [5.74, 6) is -0.851. The lowest BCUT2D eigenvalue weighted by Crippen LogP contribution is -2.33. The van der Waals surface area contributed by atoms with Crippen LogP contribution in [0, 0.1) is 0 Å². The van der Waals surface area contributed by atoms with Gasteiger partial charge in [-0.15, -0.1) is 11.6 Å². The Labute approximate surface area is 108 Å². The predicted octanol–water partition coefficient (Wildman–Crippen LogP) is 0.856. The molecule has 0 bridgehead atoms. The number of alkyl halides is 1. The number of halogens is 1. The summed E-state index contributed by atoms with van der Waals surface area (Å²) in [6.07, 6.45) is 1.58.